The number of alkyl halides is 3. The lowest BCUT2D eigenvalue weighted by molar-refractivity contribution is -0.139. The van der Waals surface area contributed by atoms with Crippen molar-refractivity contribution >= 4 is 29.4 Å². The van der Waals surface area contributed by atoms with Gasteiger partial charge in [0.05, 0.1) is 49.7 Å². The van der Waals surface area contributed by atoms with Crippen LogP contribution in [0.15, 0.2) is 59.8 Å². The van der Waals surface area contributed by atoms with Crippen LogP contribution in [0.5, 0.6) is 11.5 Å². The highest BCUT2D eigenvalue weighted by molar-refractivity contribution is 7.98. The lowest BCUT2D eigenvalue weighted by atomic mass is 9.73. The number of nitriles is 1. The molecule has 1 saturated heterocycles. The largest absolute Gasteiger partial charge is 0.497 e. The first-order valence-corrected chi connectivity index (χ1v) is 21.1. The van der Waals surface area contributed by atoms with E-state index in [-0.39, 0.29) is 49.3 Å². The van der Waals surface area contributed by atoms with Gasteiger partial charge in [0.15, 0.2) is 11.0 Å². The number of rotatable bonds is 11. The number of thioether (sulfide) groups is 1. The summed E-state index contributed by atoms with van der Waals surface area (Å²) in [4.78, 5) is 28.3. The Balaban J connectivity index is 1.41. The number of aromatic nitrogens is 2. The Hall–Kier alpha value is -5.23. The van der Waals surface area contributed by atoms with Gasteiger partial charge in [-0.25, -0.2) is 19.2 Å². The minimum Gasteiger partial charge on any atom is -0.497 e. The van der Waals surface area contributed by atoms with Crippen LogP contribution in [0, 0.1) is 30.0 Å². The van der Waals surface area contributed by atoms with Gasteiger partial charge in [-0.2, -0.15) is 18.4 Å². The number of piperazine rings is 1. The molecule has 4 aromatic rings. The molecule has 1 aromatic heterocycles. The Bertz CT molecular complexity index is 2160. The number of anilines is 2. The molecule has 3 aromatic carbocycles. The predicted octanol–water partition coefficient (Wildman–Crippen LogP) is 9.75. The number of hydrogen-bond donors (Lipinski definition) is 0. The molecule has 1 fully saturated rings. The van der Waals surface area contributed by atoms with Gasteiger partial charge in [0.2, 0.25) is 0 Å². The Kier molecular flexibility index (Phi) is 13.4. The van der Waals surface area contributed by atoms with Crippen molar-refractivity contribution < 1.29 is 36.6 Å². The molecule has 2 aliphatic rings. The molecule has 0 bridgehead atoms. The summed E-state index contributed by atoms with van der Waals surface area (Å²) < 4.78 is 79.7. The second kappa shape index (κ2) is 18.2. The van der Waals surface area contributed by atoms with E-state index in [2.05, 4.69) is 6.07 Å². The van der Waals surface area contributed by atoms with Gasteiger partial charge in [0.1, 0.15) is 22.9 Å². The van der Waals surface area contributed by atoms with Crippen molar-refractivity contribution in [1.82, 2.24) is 14.9 Å². The highest BCUT2D eigenvalue weighted by atomic mass is 32.2. The number of ether oxygens (including phenoxy) is 3. The average molecular weight is 849 g/mol. The summed E-state index contributed by atoms with van der Waals surface area (Å²) in [7, 11) is 3.13. The highest BCUT2D eigenvalue weighted by Gasteiger charge is 2.44. The van der Waals surface area contributed by atoms with E-state index >= 15 is 17.6 Å². The summed E-state index contributed by atoms with van der Waals surface area (Å²) in [5.41, 5.74) is 0.933. The quantitative estimate of drug-likeness (QED) is 0.0824. The SMILES string of the molecule is COc1ccc(CN(Cc2ccc(OC)cc2)c2cc(C)c(C(F)(F)F)c(C3Cc4nc(SC)nc(N5CCN(C(=O)OC(C)(C)C)C(CC#N)C5)c4CC3C)c2F)cc1. The van der Waals surface area contributed by atoms with Gasteiger partial charge in [0, 0.05) is 43.9 Å². The van der Waals surface area contributed by atoms with Crippen LogP contribution in [0.1, 0.15) is 79.1 Å². The number of carbonyl (C=O) groups is 1. The van der Waals surface area contributed by atoms with E-state index in [9.17, 15) is 10.1 Å². The van der Waals surface area contributed by atoms with E-state index in [4.69, 9.17) is 24.2 Å². The lowest BCUT2D eigenvalue weighted by Crippen LogP contribution is -2.56. The minimum atomic E-state index is -4.83. The van der Waals surface area contributed by atoms with Crippen molar-refractivity contribution in [2.75, 3.05) is 49.9 Å². The summed E-state index contributed by atoms with van der Waals surface area (Å²) in [6.07, 6.45) is -3.10. The molecule has 0 radical (unpaired) electrons. The maximum absolute atomic E-state index is 17.6. The van der Waals surface area contributed by atoms with Gasteiger partial charge >= 0.3 is 12.3 Å². The predicted molar refractivity (Wildman–Crippen MR) is 224 cm³/mol. The number of amides is 1. The number of aryl methyl sites for hydroxylation is 1. The first-order chi connectivity index (χ1) is 28.4. The summed E-state index contributed by atoms with van der Waals surface area (Å²) in [6.45, 7) is 10.0. The van der Waals surface area contributed by atoms with Crippen molar-refractivity contribution in [3.8, 4) is 17.6 Å². The number of halogens is 4. The highest BCUT2D eigenvalue weighted by Crippen LogP contribution is 2.48. The number of benzene rings is 3. The molecule has 0 saturated carbocycles. The van der Waals surface area contributed by atoms with Gasteiger partial charge in [-0.05, 0) is 106 Å². The molecule has 2 heterocycles. The summed E-state index contributed by atoms with van der Waals surface area (Å²) in [5, 5.41) is 10.1. The summed E-state index contributed by atoms with van der Waals surface area (Å²) in [5.74, 6) is -0.315. The molecule has 10 nitrogen and oxygen atoms in total. The Morgan fingerprint density at radius 2 is 1.57 bits per heavy atom. The molecule has 3 atom stereocenters. The van der Waals surface area contributed by atoms with Crippen LogP contribution in [-0.2, 0) is 36.8 Å². The van der Waals surface area contributed by atoms with Crippen molar-refractivity contribution in [3.05, 3.63) is 99.5 Å². The molecule has 0 N–H and O–H groups in total. The third-order valence-electron chi connectivity index (χ3n) is 11.1. The Morgan fingerprint density at radius 3 is 2.08 bits per heavy atom. The molecule has 1 aliphatic heterocycles. The topological polar surface area (TPSA) is 104 Å². The Labute approximate surface area is 353 Å². The standard InChI is InChI=1S/C45H52F4N6O4S/c1-27-21-35-36(51-42(60-8)52-41(35)53-19-20-55(31(26-53)17-18-50)43(56)59-44(3,4)5)23-34(27)38-39(45(47,48)49)28(2)22-37(40(38)46)54(24-29-9-13-32(57-6)14-10-29)25-30-11-15-33(58-7)16-12-30/h9-16,22,27,31,34H,17,19-21,23-26H2,1-8H3. The van der Waals surface area contributed by atoms with Crippen LogP contribution in [0.2, 0.25) is 0 Å². The normalized spacial score (nSPS) is 18.1. The number of hydrogen-bond acceptors (Lipinski definition) is 10. The molecule has 6 rings (SSSR count). The minimum absolute atomic E-state index is 0.0545. The number of nitrogens with zero attached hydrogens (tertiary/aromatic N) is 6. The maximum atomic E-state index is 17.6. The van der Waals surface area contributed by atoms with E-state index in [1.54, 1.807) is 69.1 Å². The van der Waals surface area contributed by atoms with Crippen LogP contribution >= 0.6 is 11.8 Å². The maximum Gasteiger partial charge on any atom is 0.417 e. The molecular formula is C45H52F4N6O4S. The van der Waals surface area contributed by atoms with Crippen molar-refractivity contribution in [2.24, 2.45) is 5.92 Å². The van der Waals surface area contributed by atoms with Gasteiger partial charge in [-0.15, -0.1) is 0 Å². The monoisotopic (exact) mass is 848 g/mol. The van der Waals surface area contributed by atoms with Crippen LogP contribution in [0.3, 0.4) is 0 Å². The molecular weight excluding hydrogens is 797 g/mol. The lowest BCUT2D eigenvalue weighted by Gasteiger charge is -2.43. The van der Waals surface area contributed by atoms with Crippen LogP contribution in [-0.4, -0.2) is 72.7 Å². The van der Waals surface area contributed by atoms with E-state index in [0.717, 1.165) is 16.7 Å². The first kappa shape index (κ1) is 44.3. The molecule has 60 heavy (non-hydrogen) atoms. The summed E-state index contributed by atoms with van der Waals surface area (Å²) in [6, 6.07) is 17.6. The molecule has 1 amide bonds. The van der Waals surface area contributed by atoms with Gasteiger partial charge in [0.25, 0.3) is 0 Å². The average Bonchev–Trinajstić information content (AvgIpc) is 3.20. The van der Waals surface area contributed by atoms with Gasteiger partial charge in [-0.3, -0.25) is 0 Å². The second-order valence-corrected chi connectivity index (χ2v) is 17.2. The van der Waals surface area contributed by atoms with Gasteiger partial charge < -0.3 is 28.9 Å². The van der Waals surface area contributed by atoms with E-state index < -0.39 is 47.1 Å². The van der Waals surface area contributed by atoms with Gasteiger partial charge in [-0.1, -0.05) is 43.0 Å². The van der Waals surface area contributed by atoms with Crippen LogP contribution in [0.25, 0.3) is 0 Å². The van der Waals surface area contributed by atoms with E-state index in [1.165, 1.54) is 24.8 Å². The van der Waals surface area contributed by atoms with Crippen molar-refractivity contribution in [3.63, 3.8) is 0 Å². The van der Waals surface area contributed by atoms with Crippen LogP contribution in [0.4, 0.5) is 33.9 Å². The smallest absolute Gasteiger partial charge is 0.417 e. The first-order valence-electron chi connectivity index (χ1n) is 19.9. The Morgan fingerprint density at radius 1 is 0.967 bits per heavy atom. The van der Waals surface area contributed by atoms with Crippen LogP contribution < -0.4 is 19.3 Å². The summed E-state index contributed by atoms with van der Waals surface area (Å²) >= 11 is 1.30. The zero-order valence-electron chi connectivity index (χ0n) is 35.3. The third-order valence-corrected chi connectivity index (χ3v) is 11.7. The number of methoxy groups -OCH3 is 2. The molecule has 1 aliphatic carbocycles. The fourth-order valence-corrected chi connectivity index (χ4v) is 8.64. The second-order valence-electron chi connectivity index (χ2n) is 16.5. The van der Waals surface area contributed by atoms with Crippen molar-refractivity contribution in [2.45, 2.75) is 95.9 Å². The third kappa shape index (κ3) is 9.86. The molecule has 0 spiro atoms. The molecule has 15 heteroatoms. The zero-order chi connectivity index (χ0) is 43.5. The fourth-order valence-electron chi connectivity index (χ4n) is 8.26. The molecule has 320 valence electrons. The zero-order valence-corrected chi connectivity index (χ0v) is 36.1. The van der Waals surface area contributed by atoms with E-state index in [0.29, 0.717) is 47.7 Å². The molecule has 3 unspecified atom stereocenters. The number of carbonyl (C=O) groups excluding carboxylic acids is 1. The fraction of sp³-hybridized carbons (Fsp3) is 0.467. The van der Waals surface area contributed by atoms with E-state index in [1.807, 2.05) is 42.3 Å². The number of fused-ring (bicyclic) bond motifs is 1. The van der Waals surface area contributed by atoms with Crippen molar-refractivity contribution in [1.29, 1.82) is 5.26 Å².